The fraction of sp³-hybridized carbons (Fsp3) is 0.222. The lowest BCUT2D eigenvalue weighted by atomic mass is 9.82. The van der Waals surface area contributed by atoms with Gasteiger partial charge >= 0.3 is 5.97 Å². The molecule has 0 aromatic heterocycles. The molecule has 0 spiro atoms. The Morgan fingerprint density at radius 1 is 1.50 bits per heavy atom. The number of ether oxygens (including phenoxy) is 1. The summed E-state index contributed by atoms with van der Waals surface area (Å²) >= 11 is 7.40. The number of esters is 1. The molecule has 0 aliphatic carbocycles. The summed E-state index contributed by atoms with van der Waals surface area (Å²) in [6, 6.07) is 9.36. The highest BCUT2D eigenvalue weighted by molar-refractivity contribution is 8.02. The molecular formula is C18H17ClN2O2S. The average Bonchev–Trinajstić information content (AvgIpc) is 2.59. The summed E-state index contributed by atoms with van der Waals surface area (Å²) in [5.74, 6) is -0.957. The second kappa shape index (κ2) is 8.09. The van der Waals surface area contributed by atoms with Gasteiger partial charge in [-0.15, -0.1) is 11.8 Å². The Balaban J connectivity index is 2.57. The van der Waals surface area contributed by atoms with E-state index >= 15 is 0 Å². The molecule has 0 bridgehead atoms. The van der Waals surface area contributed by atoms with Crippen molar-refractivity contribution in [1.82, 2.24) is 5.32 Å². The van der Waals surface area contributed by atoms with Crippen LogP contribution in [-0.2, 0) is 9.53 Å². The summed E-state index contributed by atoms with van der Waals surface area (Å²) < 4.78 is 5.22. The molecule has 1 aromatic carbocycles. The number of thioether (sulfide) groups is 1. The molecule has 1 aromatic rings. The first-order valence-electron chi connectivity index (χ1n) is 7.23. The lowest BCUT2D eigenvalue weighted by Crippen LogP contribution is -2.28. The summed E-state index contributed by atoms with van der Waals surface area (Å²) in [5.41, 5.74) is 2.40. The zero-order chi connectivity index (χ0) is 17.7. The fourth-order valence-electron chi connectivity index (χ4n) is 2.55. The first-order valence-corrected chi connectivity index (χ1v) is 8.83. The van der Waals surface area contributed by atoms with Crippen LogP contribution in [0.1, 0.15) is 18.4 Å². The number of carbonyl (C=O) groups excluding carboxylic acids is 1. The normalized spacial score (nSPS) is 17.2. The van der Waals surface area contributed by atoms with Crippen LogP contribution in [0, 0.1) is 11.3 Å². The van der Waals surface area contributed by atoms with E-state index in [0.717, 1.165) is 10.6 Å². The Kier molecular flexibility index (Phi) is 6.13. The maximum absolute atomic E-state index is 12.5. The third-order valence-electron chi connectivity index (χ3n) is 3.61. The van der Waals surface area contributed by atoms with Crippen LogP contribution in [0.2, 0.25) is 5.02 Å². The summed E-state index contributed by atoms with van der Waals surface area (Å²) in [6.45, 7) is 5.47. The quantitative estimate of drug-likeness (QED) is 0.632. The second-order valence-electron chi connectivity index (χ2n) is 5.09. The summed E-state index contributed by atoms with van der Waals surface area (Å²) in [7, 11) is 0. The minimum atomic E-state index is -0.492. The minimum absolute atomic E-state index is 0.115. The number of rotatable bonds is 5. The van der Waals surface area contributed by atoms with E-state index in [-0.39, 0.29) is 6.61 Å². The van der Waals surface area contributed by atoms with E-state index in [1.807, 2.05) is 18.4 Å². The van der Waals surface area contributed by atoms with Crippen molar-refractivity contribution in [1.29, 1.82) is 5.26 Å². The van der Waals surface area contributed by atoms with Gasteiger partial charge in [0.25, 0.3) is 0 Å². The van der Waals surface area contributed by atoms with Gasteiger partial charge in [0.2, 0.25) is 0 Å². The van der Waals surface area contributed by atoms with Gasteiger partial charge in [-0.05, 0) is 30.9 Å². The van der Waals surface area contributed by atoms with Crippen molar-refractivity contribution in [3.63, 3.8) is 0 Å². The number of allylic oxidation sites excluding steroid dienone is 2. The Morgan fingerprint density at radius 2 is 2.17 bits per heavy atom. The summed E-state index contributed by atoms with van der Waals surface area (Å²) in [5, 5.41) is 14.1. The molecule has 6 heteroatoms. The van der Waals surface area contributed by atoms with Gasteiger partial charge in [-0.25, -0.2) is 4.79 Å². The number of dihydropyridines is 1. The SMILES string of the molecule is C=CCOC(=O)C1=C(C)NC(SC)=C(C#N)[C@H]1c1ccc(Cl)cc1. The molecule has 0 saturated carbocycles. The largest absolute Gasteiger partial charge is 0.458 e. The van der Waals surface area contributed by atoms with Crippen LogP contribution in [0.15, 0.2) is 58.8 Å². The first-order chi connectivity index (χ1) is 11.5. The molecule has 1 N–H and O–H groups in total. The Hall–Kier alpha value is -2.16. The molecule has 4 nitrogen and oxygen atoms in total. The van der Waals surface area contributed by atoms with Gasteiger partial charge in [-0.1, -0.05) is 36.4 Å². The van der Waals surface area contributed by atoms with Gasteiger partial charge in [0, 0.05) is 10.7 Å². The van der Waals surface area contributed by atoms with Crippen molar-refractivity contribution in [2.45, 2.75) is 12.8 Å². The maximum atomic E-state index is 12.5. The predicted octanol–water partition coefficient (Wildman–Crippen LogP) is 4.13. The van der Waals surface area contributed by atoms with Crippen molar-refractivity contribution in [3.8, 4) is 6.07 Å². The first kappa shape index (κ1) is 18.2. The van der Waals surface area contributed by atoms with Gasteiger partial charge in [0.1, 0.15) is 6.61 Å². The zero-order valence-electron chi connectivity index (χ0n) is 13.4. The highest BCUT2D eigenvalue weighted by Crippen LogP contribution is 2.40. The van der Waals surface area contributed by atoms with Crippen LogP contribution >= 0.6 is 23.4 Å². The van der Waals surface area contributed by atoms with E-state index in [0.29, 0.717) is 21.9 Å². The average molecular weight is 361 g/mol. The molecule has 0 radical (unpaired) electrons. The zero-order valence-corrected chi connectivity index (χ0v) is 15.0. The van der Waals surface area contributed by atoms with E-state index in [4.69, 9.17) is 16.3 Å². The molecule has 1 heterocycles. The topological polar surface area (TPSA) is 62.1 Å². The molecule has 0 amide bonds. The van der Waals surface area contributed by atoms with Gasteiger partial charge < -0.3 is 10.1 Å². The lowest BCUT2D eigenvalue weighted by molar-refractivity contribution is -0.138. The molecule has 0 unspecified atom stereocenters. The summed E-state index contributed by atoms with van der Waals surface area (Å²) in [4.78, 5) is 12.5. The number of nitriles is 1. The van der Waals surface area contributed by atoms with E-state index in [1.54, 1.807) is 19.1 Å². The number of carbonyl (C=O) groups is 1. The molecule has 24 heavy (non-hydrogen) atoms. The van der Waals surface area contributed by atoms with Gasteiger partial charge in [-0.2, -0.15) is 5.26 Å². The Bertz CT molecular complexity index is 760. The highest BCUT2D eigenvalue weighted by atomic mass is 35.5. The van der Waals surface area contributed by atoms with Gasteiger partial charge in [0.15, 0.2) is 0 Å². The van der Waals surface area contributed by atoms with Crippen molar-refractivity contribution in [3.05, 3.63) is 69.4 Å². The smallest absolute Gasteiger partial charge is 0.337 e. The molecule has 1 aliphatic rings. The third-order valence-corrected chi connectivity index (χ3v) is 4.59. The number of nitrogens with zero attached hydrogens (tertiary/aromatic N) is 1. The van der Waals surface area contributed by atoms with E-state index in [1.165, 1.54) is 17.8 Å². The standard InChI is InChI=1S/C18H17ClN2O2S/c1-4-9-23-18(22)15-11(2)21-17(24-3)14(10-20)16(15)12-5-7-13(19)8-6-12/h4-8,16,21H,1,9H2,2-3H3/t16-/m1/s1. The van der Waals surface area contributed by atoms with Gasteiger partial charge in [0.05, 0.1) is 28.2 Å². The second-order valence-corrected chi connectivity index (χ2v) is 6.35. The lowest BCUT2D eigenvalue weighted by Gasteiger charge is -2.28. The Labute approximate surface area is 150 Å². The predicted molar refractivity (Wildman–Crippen MR) is 97.3 cm³/mol. The van der Waals surface area contributed by atoms with E-state index in [2.05, 4.69) is 18.0 Å². The third kappa shape index (κ3) is 3.66. The number of benzene rings is 1. The van der Waals surface area contributed by atoms with Crippen molar-refractivity contribution < 1.29 is 9.53 Å². The number of nitrogens with one attached hydrogen (secondary N) is 1. The fourth-order valence-corrected chi connectivity index (χ4v) is 3.31. The number of hydrogen-bond donors (Lipinski definition) is 1. The van der Waals surface area contributed by atoms with Crippen molar-refractivity contribution in [2.75, 3.05) is 12.9 Å². The Morgan fingerprint density at radius 3 is 2.71 bits per heavy atom. The minimum Gasteiger partial charge on any atom is -0.458 e. The maximum Gasteiger partial charge on any atom is 0.337 e. The highest BCUT2D eigenvalue weighted by Gasteiger charge is 2.35. The van der Waals surface area contributed by atoms with Crippen molar-refractivity contribution >= 4 is 29.3 Å². The molecule has 124 valence electrons. The molecule has 0 fully saturated rings. The molecule has 0 saturated heterocycles. The van der Waals surface area contributed by atoms with Crippen LogP contribution in [-0.4, -0.2) is 18.8 Å². The van der Waals surface area contributed by atoms with Crippen LogP contribution in [0.3, 0.4) is 0 Å². The van der Waals surface area contributed by atoms with Crippen molar-refractivity contribution in [2.24, 2.45) is 0 Å². The van der Waals surface area contributed by atoms with Crippen LogP contribution in [0.25, 0.3) is 0 Å². The van der Waals surface area contributed by atoms with E-state index < -0.39 is 11.9 Å². The van der Waals surface area contributed by atoms with Crippen LogP contribution in [0.5, 0.6) is 0 Å². The molecule has 2 rings (SSSR count). The van der Waals surface area contributed by atoms with Crippen LogP contribution in [0.4, 0.5) is 0 Å². The number of hydrogen-bond acceptors (Lipinski definition) is 5. The van der Waals surface area contributed by atoms with Crippen LogP contribution < -0.4 is 5.32 Å². The number of halogens is 1. The molecule has 1 atom stereocenters. The van der Waals surface area contributed by atoms with Gasteiger partial charge in [-0.3, -0.25) is 0 Å². The monoisotopic (exact) mass is 360 g/mol. The van der Waals surface area contributed by atoms with E-state index in [9.17, 15) is 10.1 Å². The summed E-state index contributed by atoms with van der Waals surface area (Å²) in [6.07, 6.45) is 3.39. The molecule has 1 aliphatic heterocycles. The molecular weight excluding hydrogens is 344 g/mol.